The predicted molar refractivity (Wildman–Crippen MR) is 90.0 cm³/mol. The fourth-order valence-electron chi connectivity index (χ4n) is 2.42. The minimum absolute atomic E-state index is 0.0606. The van der Waals surface area contributed by atoms with Gasteiger partial charge >= 0.3 is 0 Å². The molecule has 21 heavy (non-hydrogen) atoms. The first-order valence-electron chi connectivity index (χ1n) is 7.11. The number of ether oxygens (including phenoxy) is 1. The molecule has 0 aliphatic carbocycles. The van der Waals surface area contributed by atoms with Crippen molar-refractivity contribution in [2.24, 2.45) is 5.73 Å². The van der Waals surface area contributed by atoms with Gasteiger partial charge in [-0.2, -0.15) is 0 Å². The van der Waals surface area contributed by atoms with Crippen molar-refractivity contribution in [3.8, 4) is 5.75 Å². The van der Waals surface area contributed by atoms with Crippen molar-refractivity contribution >= 4 is 22.1 Å². The molecule has 3 aromatic rings. The van der Waals surface area contributed by atoms with Crippen molar-refractivity contribution < 1.29 is 4.74 Å². The molecule has 0 aliphatic heterocycles. The fourth-order valence-corrected chi connectivity index (χ4v) is 3.44. The van der Waals surface area contributed by atoms with Crippen LogP contribution in [0.4, 0.5) is 0 Å². The lowest BCUT2D eigenvalue weighted by Gasteiger charge is -2.21. The monoisotopic (exact) mass is 297 g/mol. The van der Waals surface area contributed by atoms with Crippen LogP contribution in [0.3, 0.4) is 0 Å². The second-order valence-electron chi connectivity index (χ2n) is 5.35. The van der Waals surface area contributed by atoms with Crippen molar-refractivity contribution in [1.29, 1.82) is 0 Å². The summed E-state index contributed by atoms with van der Waals surface area (Å²) in [7, 11) is 0. The number of rotatable bonds is 4. The summed E-state index contributed by atoms with van der Waals surface area (Å²) in [5.74, 6) is 0.863. The number of benzene rings is 2. The maximum absolute atomic E-state index is 6.17. The summed E-state index contributed by atoms with van der Waals surface area (Å²) >= 11 is 1.74. The molecule has 0 amide bonds. The molecule has 1 aromatic heterocycles. The van der Waals surface area contributed by atoms with Crippen LogP contribution >= 0.6 is 11.3 Å². The van der Waals surface area contributed by atoms with Crippen LogP contribution in [0, 0.1) is 6.92 Å². The third-order valence-electron chi connectivity index (χ3n) is 3.50. The molecule has 2 unspecified atom stereocenters. The molecule has 0 saturated carbocycles. The first-order chi connectivity index (χ1) is 10.1. The van der Waals surface area contributed by atoms with E-state index in [2.05, 4.69) is 43.3 Å². The molecule has 0 fully saturated rings. The average Bonchev–Trinajstić information content (AvgIpc) is 2.90. The Bertz CT molecular complexity index is 748. The van der Waals surface area contributed by atoms with E-state index in [0.29, 0.717) is 0 Å². The lowest BCUT2D eigenvalue weighted by Crippen LogP contribution is -2.28. The van der Waals surface area contributed by atoms with Gasteiger partial charge < -0.3 is 10.5 Å². The topological polar surface area (TPSA) is 35.2 Å². The number of fused-ring (bicyclic) bond motifs is 1. The number of aryl methyl sites for hydroxylation is 1. The summed E-state index contributed by atoms with van der Waals surface area (Å²) in [5.41, 5.74) is 6.12. The minimum atomic E-state index is -0.107. The van der Waals surface area contributed by atoms with E-state index in [-0.39, 0.29) is 12.1 Å². The molecule has 2 atom stereocenters. The van der Waals surface area contributed by atoms with Gasteiger partial charge in [0.25, 0.3) is 0 Å². The highest BCUT2D eigenvalue weighted by Crippen LogP contribution is 2.30. The standard InChI is InChI=1S/C18H19NOS/c1-12-7-10-17(21-12)18(13(2)19)20-16-9-8-14-5-3-4-6-15(14)11-16/h3-11,13,18H,19H2,1-2H3. The maximum Gasteiger partial charge on any atom is 0.148 e. The van der Waals surface area contributed by atoms with E-state index in [0.717, 1.165) is 5.75 Å². The van der Waals surface area contributed by atoms with Crippen LogP contribution in [-0.2, 0) is 0 Å². The molecule has 2 N–H and O–H groups in total. The SMILES string of the molecule is Cc1ccc(C(Oc2ccc3ccccc3c2)C(C)N)s1. The van der Waals surface area contributed by atoms with Crippen LogP contribution in [-0.4, -0.2) is 6.04 Å². The number of thiophene rings is 1. The van der Waals surface area contributed by atoms with E-state index in [4.69, 9.17) is 10.5 Å². The molecule has 0 bridgehead atoms. The van der Waals surface area contributed by atoms with Gasteiger partial charge in [0.05, 0.1) is 0 Å². The molecule has 1 heterocycles. The van der Waals surface area contributed by atoms with E-state index in [9.17, 15) is 0 Å². The van der Waals surface area contributed by atoms with Gasteiger partial charge in [-0.3, -0.25) is 0 Å². The molecular formula is C18H19NOS. The molecule has 108 valence electrons. The Morgan fingerprint density at radius 3 is 2.43 bits per heavy atom. The zero-order valence-electron chi connectivity index (χ0n) is 12.2. The van der Waals surface area contributed by atoms with E-state index in [1.807, 2.05) is 25.1 Å². The maximum atomic E-state index is 6.17. The highest BCUT2D eigenvalue weighted by atomic mass is 32.1. The first-order valence-corrected chi connectivity index (χ1v) is 7.92. The zero-order valence-corrected chi connectivity index (χ0v) is 13.1. The van der Waals surface area contributed by atoms with Crippen molar-refractivity contribution in [3.05, 3.63) is 64.4 Å². The Hall–Kier alpha value is -1.84. The van der Waals surface area contributed by atoms with E-state index in [1.54, 1.807) is 11.3 Å². The average molecular weight is 297 g/mol. The van der Waals surface area contributed by atoms with Crippen LogP contribution in [0.2, 0.25) is 0 Å². The fraction of sp³-hybridized carbons (Fsp3) is 0.222. The summed E-state index contributed by atoms with van der Waals surface area (Å²) in [6, 6.07) is 18.6. The van der Waals surface area contributed by atoms with Gasteiger partial charge in [-0.05, 0) is 48.9 Å². The lowest BCUT2D eigenvalue weighted by molar-refractivity contribution is 0.184. The second-order valence-corrected chi connectivity index (χ2v) is 6.67. The molecule has 2 nitrogen and oxygen atoms in total. The number of nitrogens with two attached hydrogens (primary N) is 1. The van der Waals surface area contributed by atoms with Crippen LogP contribution in [0.5, 0.6) is 5.75 Å². The van der Waals surface area contributed by atoms with Crippen LogP contribution < -0.4 is 10.5 Å². The molecule has 3 rings (SSSR count). The van der Waals surface area contributed by atoms with Crippen LogP contribution in [0.25, 0.3) is 10.8 Å². The Morgan fingerprint density at radius 2 is 1.76 bits per heavy atom. The first kappa shape index (κ1) is 14.1. The van der Waals surface area contributed by atoms with Gasteiger partial charge in [-0.1, -0.05) is 30.3 Å². The van der Waals surface area contributed by atoms with Crippen LogP contribution in [0.15, 0.2) is 54.6 Å². The van der Waals surface area contributed by atoms with Crippen LogP contribution in [0.1, 0.15) is 22.8 Å². The molecular weight excluding hydrogens is 278 g/mol. The molecule has 0 saturated heterocycles. The molecule has 0 radical (unpaired) electrons. The summed E-state index contributed by atoms with van der Waals surface area (Å²) in [5, 5.41) is 2.40. The Kier molecular flexibility index (Phi) is 3.95. The summed E-state index contributed by atoms with van der Waals surface area (Å²) in [6.07, 6.45) is -0.107. The molecule has 2 aromatic carbocycles. The molecule has 0 spiro atoms. The number of hydrogen-bond donors (Lipinski definition) is 1. The number of hydrogen-bond acceptors (Lipinski definition) is 3. The normalized spacial score (nSPS) is 14.0. The minimum Gasteiger partial charge on any atom is -0.483 e. The van der Waals surface area contributed by atoms with Gasteiger partial charge in [-0.15, -0.1) is 11.3 Å². The highest BCUT2D eigenvalue weighted by molar-refractivity contribution is 7.12. The summed E-state index contributed by atoms with van der Waals surface area (Å²) < 4.78 is 6.17. The van der Waals surface area contributed by atoms with Gasteiger partial charge in [0, 0.05) is 15.8 Å². The zero-order chi connectivity index (χ0) is 14.8. The highest BCUT2D eigenvalue weighted by Gasteiger charge is 2.20. The van der Waals surface area contributed by atoms with Crippen molar-refractivity contribution in [2.75, 3.05) is 0 Å². The summed E-state index contributed by atoms with van der Waals surface area (Å²) in [4.78, 5) is 2.45. The lowest BCUT2D eigenvalue weighted by atomic mass is 10.1. The summed E-state index contributed by atoms with van der Waals surface area (Å²) in [6.45, 7) is 4.09. The van der Waals surface area contributed by atoms with Gasteiger partial charge in [0.1, 0.15) is 11.9 Å². The molecule has 0 aliphatic rings. The van der Waals surface area contributed by atoms with Gasteiger partial charge in [-0.25, -0.2) is 0 Å². The van der Waals surface area contributed by atoms with E-state index in [1.165, 1.54) is 20.5 Å². The predicted octanol–water partition coefficient (Wildman–Crippen LogP) is 4.68. The van der Waals surface area contributed by atoms with E-state index < -0.39 is 0 Å². The quantitative estimate of drug-likeness (QED) is 0.759. The Balaban J connectivity index is 1.90. The second kappa shape index (κ2) is 5.88. The third kappa shape index (κ3) is 3.09. The smallest absolute Gasteiger partial charge is 0.148 e. The molecule has 3 heteroatoms. The van der Waals surface area contributed by atoms with Gasteiger partial charge in [0.2, 0.25) is 0 Å². The largest absolute Gasteiger partial charge is 0.483 e. The van der Waals surface area contributed by atoms with E-state index >= 15 is 0 Å². The van der Waals surface area contributed by atoms with Crippen molar-refractivity contribution in [1.82, 2.24) is 0 Å². The van der Waals surface area contributed by atoms with Crippen molar-refractivity contribution in [3.63, 3.8) is 0 Å². The van der Waals surface area contributed by atoms with Gasteiger partial charge in [0.15, 0.2) is 0 Å². The Labute approximate surface area is 129 Å². The van der Waals surface area contributed by atoms with Crippen molar-refractivity contribution in [2.45, 2.75) is 26.0 Å². The Morgan fingerprint density at radius 1 is 1.00 bits per heavy atom. The third-order valence-corrected chi connectivity index (χ3v) is 4.57.